The van der Waals surface area contributed by atoms with Crippen LogP contribution < -0.4 is 4.90 Å². The summed E-state index contributed by atoms with van der Waals surface area (Å²) in [5.74, 6) is 0. The molecule has 1 aliphatic rings. The second kappa shape index (κ2) is 4.64. The quantitative estimate of drug-likeness (QED) is 0.794. The third kappa shape index (κ3) is 2.30. The molecule has 0 atom stereocenters. The lowest BCUT2D eigenvalue weighted by Gasteiger charge is -2.30. The number of rotatable bonds is 2. The van der Waals surface area contributed by atoms with E-state index in [2.05, 4.69) is 17.0 Å². The predicted molar refractivity (Wildman–Crippen MR) is 60.1 cm³/mol. The molecule has 3 nitrogen and oxygen atoms in total. The maximum Gasteiger partial charge on any atom is 0.0702 e. The van der Waals surface area contributed by atoms with Crippen LogP contribution in [0, 0.1) is 6.92 Å². The number of aliphatic hydroxyl groups excluding tert-OH is 1. The number of anilines is 1. The van der Waals surface area contributed by atoms with Gasteiger partial charge in [-0.2, -0.15) is 0 Å². The molecule has 0 amide bonds. The molecule has 0 bridgehead atoms. The number of benzene rings is 1. The summed E-state index contributed by atoms with van der Waals surface area (Å²) in [7, 11) is 0. The van der Waals surface area contributed by atoms with Gasteiger partial charge in [-0.15, -0.1) is 0 Å². The molecule has 0 unspecified atom stereocenters. The van der Waals surface area contributed by atoms with E-state index < -0.39 is 0 Å². The molecular weight excluding hydrogens is 190 g/mol. The van der Waals surface area contributed by atoms with Gasteiger partial charge in [-0.25, -0.2) is 0 Å². The van der Waals surface area contributed by atoms with Crippen molar-refractivity contribution < 1.29 is 9.84 Å². The molecule has 15 heavy (non-hydrogen) atoms. The van der Waals surface area contributed by atoms with Crippen LogP contribution in [0.1, 0.15) is 11.1 Å². The van der Waals surface area contributed by atoms with Gasteiger partial charge in [-0.3, -0.25) is 0 Å². The maximum atomic E-state index is 9.32. The van der Waals surface area contributed by atoms with E-state index in [1.54, 1.807) is 0 Å². The fraction of sp³-hybridized carbons (Fsp3) is 0.500. The zero-order valence-electron chi connectivity index (χ0n) is 9.07. The Balaban J connectivity index is 2.25. The zero-order valence-corrected chi connectivity index (χ0v) is 9.07. The third-order valence-electron chi connectivity index (χ3n) is 2.76. The molecule has 1 aromatic carbocycles. The number of hydrogen-bond acceptors (Lipinski definition) is 3. The average molecular weight is 207 g/mol. The molecule has 82 valence electrons. The fourth-order valence-corrected chi connectivity index (χ4v) is 1.95. The van der Waals surface area contributed by atoms with E-state index in [0.29, 0.717) is 0 Å². The van der Waals surface area contributed by atoms with Crippen molar-refractivity contribution in [2.24, 2.45) is 0 Å². The molecule has 0 spiro atoms. The van der Waals surface area contributed by atoms with Crippen molar-refractivity contribution in [2.45, 2.75) is 13.5 Å². The molecule has 2 rings (SSSR count). The molecule has 1 aliphatic heterocycles. The normalized spacial score (nSPS) is 16.8. The second-order valence-electron chi connectivity index (χ2n) is 3.89. The Labute approximate surface area is 90.3 Å². The van der Waals surface area contributed by atoms with E-state index in [0.717, 1.165) is 37.6 Å². The Bertz CT molecular complexity index is 332. The summed E-state index contributed by atoms with van der Waals surface area (Å²) in [6.07, 6.45) is 0. The first-order chi connectivity index (χ1) is 7.31. The molecule has 1 fully saturated rings. The van der Waals surface area contributed by atoms with E-state index in [1.165, 1.54) is 5.56 Å². The Morgan fingerprint density at radius 1 is 1.33 bits per heavy atom. The van der Waals surface area contributed by atoms with Gasteiger partial charge in [0.05, 0.1) is 19.8 Å². The summed E-state index contributed by atoms with van der Waals surface area (Å²) in [5.41, 5.74) is 3.35. The maximum absolute atomic E-state index is 9.32. The van der Waals surface area contributed by atoms with Crippen LogP contribution in [-0.2, 0) is 11.3 Å². The van der Waals surface area contributed by atoms with Gasteiger partial charge in [0.2, 0.25) is 0 Å². The highest BCUT2D eigenvalue weighted by molar-refractivity contribution is 5.55. The number of aliphatic hydroxyl groups is 1. The summed E-state index contributed by atoms with van der Waals surface area (Å²) in [5, 5.41) is 9.32. The minimum absolute atomic E-state index is 0.106. The number of morpholine rings is 1. The summed E-state index contributed by atoms with van der Waals surface area (Å²) < 4.78 is 5.31. The van der Waals surface area contributed by atoms with Gasteiger partial charge in [0.25, 0.3) is 0 Å². The van der Waals surface area contributed by atoms with E-state index in [9.17, 15) is 5.11 Å². The fourth-order valence-electron chi connectivity index (χ4n) is 1.95. The van der Waals surface area contributed by atoms with Gasteiger partial charge >= 0.3 is 0 Å². The lowest BCUT2D eigenvalue weighted by atomic mass is 10.1. The van der Waals surface area contributed by atoms with Crippen molar-refractivity contribution in [3.63, 3.8) is 0 Å². The van der Waals surface area contributed by atoms with Crippen LogP contribution in [0.2, 0.25) is 0 Å². The van der Waals surface area contributed by atoms with E-state index in [4.69, 9.17) is 4.74 Å². The number of aryl methyl sites for hydroxylation is 1. The van der Waals surface area contributed by atoms with E-state index in [-0.39, 0.29) is 6.61 Å². The Hall–Kier alpha value is -1.06. The molecule has 1 aromatic rings. The number of hydrogen-bond donors (Lipinski definition) is 1. The third-order valence-corrected chi connectivity index (χ3v) is 2.76. The van der Waals surface area contributed by atoms with Crippen LogP contribution in [0.5, 0.6) is 0 Å². The molecule has 1 heterocycles. The summed E-state index contributed by atoms with van der Waals surface area (Å²) in [4.78, 5) is 2.27. The Morgan fingerprint density at radius 3 is 2.73 bits per heavy atom. The summed E-state index contributed by atoms with van der Waals surface area (Å²) in [6.45, 7) is 5.53. The van der Waals surface area contributed by atoms with Crippen molar-refractivity contribution in [2.75, 3.05) is 31.2 Å². The second-order valence-corrected chi connectivity index (χ2v) is 3.89. The lowest BCUT2D eigenvalue weighted by Crippen LogP contribution is -2.36. The van der Waals surface area contributed by atoms with Crippen molar-refractivity contribution >= 4 is 5.69 Å². The topological polar surface area (TPSA) is 32.7 Å². The number of nitrogens with zero attached hydrogens (tertiary/aromatic N) is 1. The molecular formula is C12H17NO2. The van der Waals surface area contributed by atoms with Crippen molar-refractivity contribution in [1.82, 2.24) is 0 Å². The van der Waals surface area contributed by atoms with Gasteiger partial charge in [-0.1, -0.05) is 17.7 Å². The Kier molecular flexibility index (Phi) is 3.23. The summed E-state index contributed by atoms with van der Waals surface area (Å²) >= 11 is 0. The lowest BCUT2D eigenvalue weighted by molar-refractivity contribution is 0.122. The SMILES string of the molecule is Cc1ccc(N2CCOCC2)c(CO)c1. The molecule has 1 N–H and O–H groups in total. The minimum atomic E-state index is 0.106. The smallest absolute Gasteiger partial charge is 0.0702 e. The predicted octanol–water partition coefficient (Wildman–Crippen LogP) is 1.32. The van der Waals surface area contributed by atoms with Crippen molar-refractivity contribution in [3.05, 3.63) is 29.3 Å². The van der Waals surface area contributed by atoms with E-state index in [1.807, 2.05) is 13.0 Å². The monoisotopic (exact) mass is 207 g/mol. The molecule has 0 saturated carbocycles. The molecule has 3 heteroatoms. The van der Waals surface area contributed by atoms with Crippen LogP contribution in [0.3, 0.4) is 0 Å². The highest BCUT2D eigenvalue weighted by Gasteiger charge is 2.13. The van der Waals surface area contributed by atoms with Crippen LogP contribution in [0.4, 0.5) is 5.69 Å². The Morgan fingerprint density at radius 2 is 2.07 bits per heavy atom. The highest BCUT2D eigenvalue weighted by atomic mass is 16.5. The molecule has 0 radical (unpaired) electrons. The van der Waals surface area contributed by atoms with E-state index >= 15 is 0 Å². The summed E-state index contributed by atoms with van der Waals surface area (Å²) in [6, 6.07) is 6.22. The van der Waals surface area contributed by atoms with Crippen LogP contribution in [-0.4, -0.2) is 31.4 Å². The first-order valence-electron chi connectivity index (χ1n) is 5.34. The van der Waals surface area contributed by atoms with Gasteiger partial charge in [-0.05, 0) is 13.0 Å². The highest BCUT2D eigenvalue weighted by Crippen LogP contribution is 2.22. The standard InChI is InChI=1S/C12H17NO2/c1-10-2-3-12(11(8-10)9-14)13-4-6-15-7-5-13/h2-3,8,14H,4-7,9H2,1H3. The minimum Gasteiger partial charge on any atom is -0.392 e. The van der Waals surface area contributed by atoms with Gasteiger partial charge < -0.3 is 14.7 Å². The van der Waals surface area contributed by atoms with Gasteiger partial charge in [0.1, 0.15) is 0 Å². The van der Waals surface area contributed by atoms with Crippen LogP contribution in [0.15, 0.2) is 18.2 Å². The van der Waals surface area contributed by atoms with Crippen LogP contribution in [0.25, 0.3) is 0 Å². The average Bonchev–Trinajstić information content (AvgIpc) is 2.30. The molecule has 0 aromatic heterocycles. The van der Waals surface area contributed by atoms with Gasteiger partial charge in [0, 0.05) is 24.3 Å². The van der Waals surface area contributed by atoms with Crippen LogP contribution >= 0.6 is 0 Å². The first-order valence-corrected chi connectivity index (χ1v) is 5.34. The van der Waals surface area contributed by atoms with Gasteiger partial charge in [0.15, 0.2) is 0 Å². The molecule has 1 saturated heterocycles. The first kappa shape index (κ1) is 10.5. The number of ether oxygens (including phenoxy) is 1. The zero-order chi connectivity index (χ0) is 10.7. The molecule has 0 aliphatic carbocycles. The van der Waals surface area contributed by atoms with Crippen molar-refractivity contribution in [3.8, 4) is 0 Å². The van der Waals surface area contributed by atoms with Crippen molar-refractivity contribution in [1.29, 1.82) is 0 Å². The largest absolute Gasteiger partial charge is 0.392 e.